The van der Waals surface area contributed by atoms with Crippen molar-refractivity contribution in [3.05, 3.63) is 42.5 Å². The summed E-state index contributed by atoms with van der Waals surface area (Å²) in [7, 11) is -1.27. The Morgan fingerprint density at radius 2 is 1.84 bits per heavy atom. The largest absolute Gasteiger partial charge is 0.726 e. The lowest BCUT2D eigenvalue weighted by molar-refractivity contribution is -0.627. The SMILES string of the molecule is CCN(CCO)c1ccc(N=Nc2sc3cc(OC)ccc3[n+]2C)cc1.O=S(=O)([O-])O. The molecule has 1 aromatic heterocycles. The summed E-state index contributed by atoms with van der Waals surface area (Å²) in [5.74, 6) is 0.835. The first-order chi connectivity index (χ1) is 14.7. The number of aliphatic hydroxyl groups is 1. The van der Waals surface area contributed by atoms with Gasteiger partial charge in [0, 0.05) is 24.8 Å². The lowest BCUT2D eigenvalue weighted by atomic mass is 10.2. The first-order valence-electron chi connectivity index (χ1n) is 9.18. The van der Waals surface area contributed by atoms with Gasteiger partial charge in [0.05, 0.1) is 30.6 Å². The molecule has 3 aromatic rings. The number of thiazole rings is 1. The zero-order chi connectivity index (χ0) is 23.0. The second-order valence-electron chi connectivity index (χ2n) is 6.22. The lowest BCUT2D eigenvalue weighted by Crippen LogP contribution is -2.25. The van der Waals surface area contributed by atoms with Crippen LogP contribution in [-0.4, -0.2) is 49.4 Å². The molecule has 0 spiro atoms. The molecule has 1 heterocycles. The summed E-state index contributed by atoms with van der Waals surface area (Å²) in [6, 6.07) is 13.9. The number of hydrogen-bond acceptors (Lipinski definition) is 9. The molecule has 0 radical (unpaired) electrons. The fourth-order valence-corrected chi connectivity index (χ4v) is 3.76. The number of azo groups is 1. The third-order valence-electron chi connectivity index (χ3n) is 4.23. The Labute approximate surface area is 184 Å². The molecular formula is C19H24N4O6S2. The van der Waals surface area contributed by atoms with Gasteiger partial charge in [0.15, 0.2) is 0 Å². The average Bonchev–Trinajstić information content (AvgIpc) is 3.04. The lowest BCUT2D eigenvalue weighted by Gasteiger charge is -2.21. The van der Waals surface area contributed by atoms with Crippen molar-refractivity contribution in [2.75, 3.05) is 31.7 Å². The van der Waals surface area contributed by atoms with Crippen LogP contribution in [0.15, 0.2) is 52.7 Å². The number of nitrogens with zero attached hydrogens (tertiary/aromatic N) is 4. The highest BCUT2D eigenvalue weighted by Gasteiger charge is 2.16. The quantitative estimate of drug-likeness (QED) is 0.235. The molecule has 31 heavy (non-hydrogen) atoms. The Balaban J connectivity index is 0.000000614. The second kappa shape index (κ2) is 11.1. The third-order valence-corrected chi connectivity index (χ3v) is 5.32. The van der Waals surface area contributed by atoms with Gasteiger partial charge in [0.1, 0.15) is 17.0 Å². The van der Waals surface area contributed by atoms with E-state index in [2.05, 4.69) is 22.1 Å². The van der Waals surface area contributed by atoms with Crippen LogP contribution in [0.4, 0.5) is 16.5 Å². The minimum absolute atomic E-state index is 0.141. The summed E-state index contributed by atoms with van der Waals surface area (Å²) in [6.45, 7) is 3.68. The van der Waals surface area contributed by atoms with Gasteiger partial charge in [0.25, 0.3) is 0 Å². The number of aromatic nitrogens is 1. The zero-order valence-corrected chi connectivity index (χ0v) is 18.9. The zero-order valence-electron chi connectivity index (χ0n) is 17.3. The molecule has 0 atom stereocenters. The number of methoxy groups -OCH3 is 1. The van der Waals surface area contributed by atoms with Crippen molar-refractivity contribution in [1.29, 1.82) is 0 Å². The summed E-state index contributed by atoms with van der Waals surface area (Å²) >= 11 is 1.58. The minimum atomic E-state index is -4.92. The van der Waals surface area contributed by atoms with E-state index in [4.69, 9.17) is 27.4 Å². The Kier molecular flexibility index (Phi) is 8.83. The molecule has 2 aromatic carbocycles. The van der Waals surface area contributed by atoms with E-state index in [-0.39, 0.29) is 6.61 Å². The van der Waals surface area contributed by atoms with E-state index in [0.717, 1.165) is 39.0 Å². The number of ether oxygens (including phenoxy) is 1. The van der Waals surface area contributed by atoms with Crippen molar-refractivity contribution < 1.29 is 31.9 Å². The number of likely N-dealkylation sites (N-methyl/N-ethyl adjacent to an activating group) is 1. The summed E-state index contributed by atoms with van der Waals surface area (Å²) in [4.78, 5) is 2.11. The van der Waals surface area contributed by atoms with Gasteiger partial charge >= 0.3 is 5.13 Å². The summed E-state index contributed by atoms with van der Waals surface area (Å²) in [5, 5.41) is 18.7. The van der Waals surface area contributed by atoms with Crippen LogP contribution in [0.2, 0.25) is 0 Å². The molecule has 0 amide bonds. The maximum absolute atomic E-state index is 9.13. The van der Waals surface area contributed by atoms with Crippen LogP contribution in [0.25, 0.3) is 10.2 Å². The van der Waals surface area contributed by atoms with Crippen molar-refractivity contribution >= 4 is 48.5 Å². The van der Waals surface area contributed by atoms with E-state index in [1.807, 2.05) is 54.1 Å². The Morgan fingerprint density at radius 3 is 2.39 bits per heavy atom. The molecule has 0 aliphatic carbocycles. The van der Waals surface area contributed by atoms with Crippen LogP contribution < -0.4 is 14.2 Å². The second-order valence-corrected chi connectivity index (χ2v) is 8.09. The molecule has 10 nitrogen and oxygen atoms in total. The highest BCUT2D eigenvalue weighted by molar-refractivity contribution is 7.79. The van der Waals surface area contributed by atoms with Gasteiger partial charge < -0.3 is 19.3 Å². The van der Waals surface area contributed by atoms with Crippen molar-refractivity contribution in [3.63, 3.8) is 0 Å². The number of fused-ring (bicyclic) bond motifs is 1. The number of hydrogen-bond donors (Lipinski definition) is 2. The third kappa shape index (κ3) is 7.52. The minimum Gasteiger partial charge on any atom is -0.726 e. The molecule has 0 saturated carbocycles. The monoisotopic (exact) mass is 468 g/mol. The number of anilines is 1. The molecule has 0 unspecified atom stereocenters. The van der Waals surface area contributed by atoms with Crippen LogP contribution in [0, 0.1) is 0 Å². The summed E-state index contributed by atoms with van der Waals surface area (Å²) in [6.07, 6.45) is 0. The highest BCUT2D eigenvalue weighted by atomic mass is 32.3. The van der Waals surface area contributed by atoms with Gasteiger partial charge in [-0.3, -0.25) is 4.55 Å². The van der Waals surface area contributed by atoms with Gasteiger partial charge in [-0.15, -0.1) is 0 Å². The first kappa shape index (κ1) is 24.6. The average molecular weight is 469 g/mol. The van der Waals surface area contributed by atoms with Crippen LogP contribution >= 0.6 is 11.3 Å². The summed E-state index contributed by atoms with van der Waals surface area (Å²) < 4.78 is 41.2. The highest BCUT2D eigenvalue weighted by Crippen LogP contribution is 2.30. The van der Waals surface area contributed by atoms with E-state index in [1.54, 1.807) is 18.4 Å². The van der Waals surface area contributed by atoms with Crippen LogP contribution in [0.1, 0.15) is 6.92 Å². The number of benzene rings is 2. The van der Waals surface area contributed by atoms with E-state index in [0.29, 0.717) is 6.54 Å². The molecule has 3 rings (SSSR count). The van der Waals surface area contributed by atoms with Gasteiger partial charge in [-0.1, -0.05) is 0 Å². The van der Waals surface area contributed by atoms with Crippen molar-refractivity contribution in [1.82, 2.24) is 0 Å². The first-order valence-corrected chi connectivity index (χ1v) is 11.4. The Bertz CT molecular complexity index is 1120. The molecule has 0 fully saturated rings. The smallest absolute Gasteiger partial charge is 0.409 e. The Hall–Kier alpha value is -2.64. The molecule has 2 N–H and O–H groups in total. The van der Waals surface area contributed by atoms with E-state index < -0.39 is 10.4 Å². The fraction of sp³-hybridized carbons (Fsp3) is 0.316. The van der Waals surface area contributed by atoms with Gasteiger partial charge in [-0.2, -0.15) is 0 Å². The van der Waals surface area contributed by atoms with Gasteiger partial charge in [-0.05, 0) is 59.8 Å². The van der Waals surface area contributed by atoms with E-state index in [9.17, 15) is 0 Å². The number of aryl methyl sites for hydroxylation is 1. The molecule has 0 aliphatic rings. The van der Waals surface area contributed by atoms with Gasteiger partial charge in [-0.25, -0.2) is 13.0 Å². The number of rotatable bonds is 7. The maximum Gasteiger partial charge on any atom is 0.409 e. The predicted octanol–water partition coefficient (Wildman–Crippen LogP) is 2.97. The molecule has 168 valence electrons. The van der Waals surface area contributed by atoms with Crippen molar-refractivity contribution in [3.8, 4) is 5.75 Å². The summed E-state index contributed by atoms with van der Waals surface area (Å²) in [5.41, 5.74) is 2.96. The van der Waals surface area contributed by atoms with E-state index in [1.165, 1.54) is 0 Å². The van der Waals surface area contributed by atoms with Crippen LogP contribution in [0.3, 0.4) is 0 Å². The van der Waals surface area contributed by atoms with Crippen molar-refractivity contribution in [2.24, 2.45) is 17.3 Å². The topological polar surface area (TPSA) is 139 Å². The van der Waals surface area contributed by atoms with Crippen LogP contribution in [0.5, 0.6) is 5.75 Å². The van der Waals surface area contributed by atoms with Gasteiger partial charge in [0.2, 0.25) is 10.4 Å². The van der Waals surface area contributed by atoms with Crippen LogP contribution in [-0.2, 0) is 17.4 Å². The molecule has 0 bridgehead atoms. The molecular weight excluding hydrogens is 444 g/mol. The normalized spacial score (nSPS) is 11.4. The fourth-order valence-electron chi connectivity index (χ4n) is 2.76. The van der Waals surface area contributed by atoms with E-state index >= 15 is 0 Å². The molecule has 0 aliphatic heterocycles. The number of aliphatic hydroxyl groups excluding tert-OH is 1. The predicted molar refractivity (Wildman–Crippen MR) is 117 cm³/mol. The standard InChI is InChI=1S/C19H23N4O2S.H2O4S/c1-4-23(11-12-24)15-7-5-14(6-8-15)20-21-19-22(2)17-10-9-16(25-3)13-18(17)26-19;1-5(2,3)4/h5-10,13,24H,4,11-12H2,1-3H3;(H2,1,2,3,4)/q+1;/p-1. The molecule has 12 heteroatoms. The maximum atomic E-state index is 9.13. The molecule has 0 saturated heterocycles. The Morgan fingerprint density at radius 1 is 1.19 bits per heavy atom. The van der Waals surface area contributed by atoms with Crippen molar-refractivity contribution in [2.45, 2.75) is 6.92 Å².